The van der Waals surface area contributed by atoms with Crippen LogP contribution in [0.4, 0.5) is 11.6 Å². The lowest BCUT2D eigenvalue weighted by Gasteiger charge is -2.34. The highest BCUT2D eigenvalue weighted by atomic mass is 35.5. The molecular formula is C39H39ClN8O5. The van der Waals surface area contributed by atoms with E-state index in [1.165, 1.54) is 11.1 Å². The van der Waals surface area contributed by atoms with E-state index in [1.54, 1.807) is 24.5 Å². The summed E-state index contributed by atoms with van der Waals surface area (Å²) in [5, 5.41) is 9.96. The number of ether oxygens (including phenoxy) is 1. The second kappa shape index (κ2) is 14.9. The van der Waals surface area contributed by atoms with Gasteiger partial charge < -0.3 is 15.4 Å². The van der Waals surface area contributed by atoms with Gasteiger partial charge >= 0.3 is 0 Å². The van der Waals surface area contributed by atoms with Crippen LogP contribution in [-0.2, 0) is 29.1 Å². The number of piperidine rings is 1. The molecule has 1 aromatic heterocycles. The van der Waals surface area contributed by atoms with Gasteiger partial charge in [-0.05, 0) is 47.4 Å². The molecule has 5 heterocycles. The van der Waals surface area contributed by atoms with E-state index in [9.17, 15) is 19.2 Å². The van der Waals surface area contributed by atoms with Gasteiger partial charge in [-0.1, -0.05) is 54.1 Å². The Kier molecular flexibility index (Phi) is 9.78. The lowest BCUT2D eigenvalue weighted by atomic mass is 10.0. The highest BCUT2D eigenvalue weighted by Gasteiger charge is 2.44. The number of carbonyl (C=O) groups is 4. The molecule has 14 heteroatoms. The van der Waals surface area contributed by atoms with Crippen LogP contribution in [-0.4, -0.2) is 93.7 Å². The zero-order valence-corrected chi connectivity index (χ0v) is 29.8. The first kappa shape index (κ1) is 34.7. The molecule has 0 saturated carbocycles. The van der Waals surface area contributed by atoms with E-state index < -0.39 is 29.7 Å². The van der Waals surface area contributed by atoms with Crippen LogP contribution in [0.25, 0.3) is 0 Å². The van der Waals surface area contributed by atoms with Gasteiger partial charge in [0.15, 0.2) is 0 Å². The minimum Gasteiger partial charge on any atom is -0.492 e. The highest BCUT2D eigenvalue weighted by molar-refractivity contribution is 6.31. The molecule has 0 radical (unpaired) electrons. The number of amides is 4. The third kappa shape index (κ3) is 7.32. The van der Waals surface area contributed by atoms with Crippen molar-refractivity contribution in [2.45, 2.75) is 44.4 Å². The number of halogens is 1. The summed E-state index contributed by atoms with van der Waals surface area (Å²) in [6, 6.07) is 20.6. The van der Waals surface area contributed by atoms with Crippen molar-refractivity contribution in [1.82, 2.24) is 30.0 Å². The number of nitrogens with one attached hydrogen (secondary N) is 3. The molecule has 4 aliphatic heterocycles. The van der Waals surface area contributed by atoms with E-state index in [1.807, 2.05) is 24.3 Å². The Balaban J connectivity index is 0.781. The Labute approximate surface area is 311 Å². The van der Waals surface area contributed by atoms with Crippen molar-refractivity contribution in [3.05, 3.63) is 111 Å². The third-order valence-electron chi connectivity index (χ3n) is 10.4. The molecule has 3 aromatic carbocycles. The lowest BCUT2D eigenvalue weighted by Crippen LogP contribution is -2.54. The average Bonchev–Trinajstić information content (AvgIpc) is 3.71. The monoisotopic (exact) mass is 734 g/mol. The normalized spacial score (nSPS) is 20.2. The molecule has 272 valence electrons. The second-order valence-electron chi connectivity index (χ2n) is 13.8. The fourth-order valence-corrected chi connectivity index (χ4v) is 7.64. The van der Waals surface area contributed by atoms with Gasteiger partial charge in [-0.2, -0.15) is 0 Å². The van der Waals surface area contributed by atoms with Crippen LogP contribution in [0, 0.1) is 0 Å². The molecule has 2 atom stereocenters. The van der Waals surface area contributed by atoms with Crippen LogP contribution < -0.4 is 20.7 Å². The van der Waals surface area contributed by atoms with Crippen LogP contribution in [0.15, 0.2) is 73.1 Å². The van der Waals surface area contributed by atoms with Crippen molar-refractivity contribution in [3.8, 4) is 5.75 Å². The number of rotatable bonds is 11. The summed E-state index contributed by atoms with van der Waals surface area (Å²) in [7, 11) is 0. The van der Waals surface area contributed by atoms with Crippen LogP contribution in [0.2, 0.25) is 5.02 Å². The summed E-state index contributed by atoms with van der Waals surface area (Å²) in [6.45, 7) is 6.34. The number of hydrogen-bond acceptors (Lipinski definition) is 11. The SMILES string of the molecule is O=C1CCC(N2C(=O)c3ccc(OCCN4CCN(Cc5ccc(C6Cc7c(NCc8ccccc8Cl)ncnc7N6)cc5)CC4)cc3C2=O)C(=O)N1. The zero-order chi connectivity index (χ0) is 36.5. The van der Waals surface area contributed by atoms with Gasteiger partial charge in [0.25, 0.3) is 11.8 Å². The standard InChI is InChI=1S/C39H39ClN8O5/c40-31-4-2-1-3-26(31)21-41-35-30-20-32(44-36(30)43-23-42-35)25-7-5-24(6-8-25)22-47-15-13-46(14-16-47)17-18-53-27-9-10-28-29(19-27)39(52)48(38(28)51)33-11-12-34(49)45-37(33)50/h1-10,19,23,32-33H,11-18,20-22H2,(H,45,49,50)(H2,41,42,43,44). The molecule has 3 N–H and O–H groups in total. The Bertz CT molecular complexity index is 2070. The van der Waals surface area contributed by atoms with E-state index in [2.05, 4.69) is 60.0 Å². The summed E-state index contributed by atoms with van der Waals surface area (Å²) in [4.78, 5) is 64.7. The van der Waals surface area contributed by atoms with Crippen molar-refractivity contribution < 1.29 is 23.9 Å². The van der Waals surface area contributed by atoms with E-state index in [-0.39, 0.29) is 30.0 Å². The molecule has 4 amide bonds. The van der Waals surface area contributed by atoms with Gasteiger partial charge in [0.1, 0.15) is 36.4 Å². The number of imide groups is 2. The maximum absolute atomic E-state index is 13.1. The zero-order valence-electron chi connectivity index (χ0n) is 29.0. The highest BCUT2D eigenvalue weighted by Crippen LogP contribution is 2.36. The van der Waals surface area contributed by atoms with Crippen molar-refractivity contribution in [2.24, 2.45) is 0 Å². The minimum atomic E-state index is -0.991. The first-order valence-corrected chi connectivity index (χ1v) is 18.3. The van der Waals surface area contributed by atoms with Crippen molar-refractivity contribution in [2.75, 3.05) is 50.0 Å². The summed E-state index contributed by atoms with van der Waals surface area (Å²) in [6.07, 6.45) is 2.58. The fraction of sp³-hybridized carbons (Fsp3) is 0.333. The van der Waals surface area contributed by atoms with Crippen molar-refractivity contribution >= 4 is 46.9 Å². The van der Waals surface area contributed by atoms with Gasteiger partial charge in [-0.15, -0.1) is 0 Å². The topological polar surface area (TPSA) is 149 Å². The number of piperazine rings is 1. The van der Waals surface area contributed by atoms with Crippen molar-refractivity contribution in [3.63, 3.8) is 0 Å². The van der Waals surface area contributed by atoms with Crippen molar-refractivity contribution in [1.29, 1.82) is 0 Å². The first-order valence-electron chi connectivity index (χ1n) is 17.9. The summed E-state index contributed by atoms with van der Waals surface area (Å²) in [5.41, 5.74) is 5.02. The first-order chi connectivity index (χ1) is 25.8. The van der Waals surface area contributed by atoms with E-state index in [4.69, 9.17) is 16.3 Å². The maximum atomic E-state index is 13.1. The lowest BCUT2D eigenvalue weighted by molar-refractivity contribution is -0.136. The van der Waals surface area contributed by atoms with Gasteiger partial charge in [0.2, 0.25) is 11.8 Å². The van der Waals surface area contributed by atoms with Gasteiger partial charge in [-0.25, -0.2) is 9.97 Å². The quantitative estimate of drug-likeness (QED) is 0.192. The predicted molar refractivity (Wildman–Crippen MR) is 198 cm³/mol. The number of benzene rings is 3. The second-order valence-corrected chi connectivity index (χ2v) is 14.2. The molecule has 0 bridgehead atoms. The average molecular weight is 735 g/mol. The molecule has 4 aliphatic rings. The molecule has 8 rings (SSSR count). The Morgan fingerprint density at radius 1 is 0.887 bits per heavy atom. The Morgan fingerprint density at radius 3 is 2.45 bits per heavy atom. The smallest absolute Gasteiger partial charge is 0.262 e. The van der Waals surface area contributed by atoms with E-state index >= 15 is 0 Å². The number of nitrogens with zero attached hydrogens (tertiary/aromatic N) is 5. The molecular weight excluding hydrogens is 696 g/mol. The van der Waals surface area contributed by atoms with Gasteiger partial charge in [-0.3, -0.25) is 39.2 Å². The Hall–Kier alpha value is -5.37. The number of aromatic nitrogens is 2. The van der Waals surface area contributed by atoms with Gasteiger partial charge in [0.05, 0.1) is 17.2 Å². The molecule has 0 spiro atoms. The van der Waals surface area contributed by atoms with Crippen LogP contribution in [0.1, 0.15) is 61.9 Å². The molecule has 53 heavy (non-hydrogen) atoms. The molecule has 2 fully saturated rings. The molecule has 2 saturated heterocycles. The fourth-order valence-electron chi connectivity index (χ4n) is 7.44. The maximum Gasteiger partial charge on any atom is 0.262 e. The van der Waals surface area contributed by atoms with E-state index in [0.717, 1.165) is 78.4 Å². The molecule has 4 aromatic rings. The molecule has 0 aliphatic carbocycles. The van der Waals surface area contributed by atoms with Crippen LogP contribution in [0.5, 0.6) is 5.75 Å². The number of anilines is 2. The third-order valence-corrected chi connectivity index (χ3v) is 10.8. The van der Waals surface area contributed by atoms with Gasteiger partial charge in [0, 0.05) is 69.2 Å². The van der Waals surface area contributed by atoms with E-state index in [0.29, 0.717) is 18.9 Å². The molecule has 2 unspecified atom stereocenters. The molecule has 13 nitrogen and oxygen atoms in total. The summed E-state index contributed by atoms with van der Waals surface area (Å²) in [5.74, 6) is 0.0762. The number of carbonyl (C=O) groups excluding carboxylic acids is 4. The van der Waals surface area contributed by atoms with Crippen LogP contribution in [0.3, 0.4) is 0 Å². The predicted octanol–water partition coefficient (Wildman–Crippen LogP) is 4.05. The number of fused-ring (bicyclic) bond motifs is 2. The number of hydrogen-bond donors (Lipinski definition) is 3. The summed E-state index contributed by atoms with van der Waals surface area (Å²) < 4.78 is 5.99. The minimum absolute atomic E-state index is 0.0808. The summed E-state index contributed by atoms with van der Waals surface area (Å²) >= 11 is 6.35. The van der Waals surface area contributed by atoms with Crippen LogP contribution >= 0.6 is 11.6 Å². The largest absolute Gasteiger partial charge is 0.492 e. The Morgan fingerprint density at radius 2 is 1.66 bits per heavy atom.